The van der Waals surface area contributed by atoms with Crippen molar-refractivity contribution in [1.29, 1.82) is 36.8 Å². The molecule has 0 spiro atoms. The molecular formula is C124H59F3N18. The minimum atomic E-state index is -4.85. The zero-order valence-electron chi connectivity index (χ0n) is 76.0. The van der Waals surface area contributed by atoms with Gasteiger partial charge in [0.25, 0.3) is 0 Å². The zero-order valence-corrected chi connectivity index (χ0v) is 76.0. The number of alkyl halides is 3. The fourth-order valence-corrected chi connectivity index (χ4v) is 20.0. The van der Waals surface area contributed by atoms with Crippen LogP contribution < -0.4 is 0 Å². The number of fused-ring (bicyclic) bond motifs is 12. The van der Waals surface area contributed by atoms with Crippen LogP contribution in [0.3, 0.4) is 0 Å². The molecule has 0 atom stereocenters. The van der Waals surface area contributed by atoms with Gasteiger partial charge in [-0.15, -0.1) is 0 Å². The average Bonchev–Trinajstić information content (AvgIpc) is 1.56. The molecule has 0 bridgehead atoms. The summed E-state index contributed by atoms with van der Waals surface area (Å²) in [4.78, 5) is 25.9. The third kappa shape index (κ3) is 15.3. The SMILES string of the molecule is [C-]#[N+]c1cc(C#N)cc(-c2ccc3c(c2)c2ccccc2n3-c2ccc(C)cc2-c2c([N+]#[C-])cccc2-n2c3ccccc3c3cc(-c4cc(C#N)cc([N+]#[C-])c4)ccc32)c1.[C-]#[N+]c1ccc(-c2ccc3c(c2)c2cc(-c4ccc(C#N)cc4[N+]#[C-])ccc2n3-c2ccc(C(F)(F)F)cc2-c2c(C#N)cccc2-n2c3ccc(-c4ccc([N+]#[C-])cc4C#N)cc3c3cc(-c4ccc(C#N)cc4[N+]#[C-])ccc32)c(C#N)c1. The van der Waals surface area contributed by atoms with Gasteiger partial charge < -0.3 is 18.3 Å². The number of hydrogen-bond acceptors (Lipinski definition) is 7. The van der Waals surface area contributed by atoms with Crippen LogP contribution in [0.25, 0.3) is 233 Å². The summed E-state index contributed by atoms with van der Waals surface area (Å²) in [5, 5.41) is 77.3. The molecule has 145 heavy (non-hydrogen) atoms. The summed E-state index contributed by atoms with van der Waals surface area (Å²) in [5.74, 6) is 0. The first kappa shape index (κ1) is 89.3. The van der Waals surface area contributed by atoms with Crippen molar-refractivity contribution in [3.63, 3.8) is 0 Å². The van der Waals surface area contributed by atoms with E-state index in [4.69, 9.17) is 46.0 Å². The lowest BCUT2D eigenvalue weighted by Gasteiger charge is -2.21. The van der Waals surface area contributed by atoms with Gasteiger partial charge in [0.05, 0.1) is 161 Å². The van der Waals surface area contributed by atoms with Crippen LogP contribution in [0.2, 0.25) is 0 Å². The fourth-order valence-electron chi connectivity index (χ4n) is 20.0. The fraction of sp³-hybridized carbons (Fsp3) is 0.0161. The topological polar surface area (TPSA) is 217 Å². The first-order valence-electron chi connectivity index (χ1n) is 44.9. The predicted molar refractivity (Wildman–Crippen MR) is 560 cm³/mol. The second-order valence-corrected chi connectivity index (χ2v) is 34.4. The summed E-state index contributed by atoms with van der Waals surface area (Å²) >= 11 is 0. The molecule has 0 saturated heterocycles. The molecule has 0 fully saturated rings. The summed E-state index contributed by atoms with van der Waals surface area (Å²) in [6.07, 6.45) is -4.85. The van der Waals surface area contributed by atoms with Gasteiger partial charge >= 0.3 is 6.18 Å². The standard InChI is InChI=1S/C70H30F3N11.C54H29N7/c1-79-50-15-19-52(47(28-50)38-77)42-10-21-63-56(30-42)58-32-44(54-17-8-40(35-74)26-61(54)81-3)12-23-64(58)83(63)67-25-14-49(70(71,72)73)34-60(67)69-46(37-76)6-5-7-68(69)84-65-22-11-43(53-20-16-51(80-2)29-48(53)39-78)31-57(65)59-33-45(13-24-66(59)84)55-18-9-41(36-75)27-62(55)82-4;1-33-16-19-52(60-48-13-7-5-10-42(48)44-29-36(17-20-50(44)60)38-23-34(31-55)25-40(27-38)57-2)46(22-33)54-47(59-4)12-9-15-53(54)61-49-14-8-6-11-43(49)45-30-37(18-21-51(45)61)39-24-35(32-56)26-41(28-39)58-3/h5-34H;5-30H,1H3. The van der Waals surface area contributed by atoms with E-state index in [-0.39, 0.29) is 56.3 Å². The van der Waals surface area contributed by atoms with Crippen molar-refractivity contribution in [1.82, 2.24) is 18.3 Å². The Morgan fingerprint density at radius 1 is 0.228 bits per heavy atom. The lowest BCUT2D eigenvalue weighted by molar-refractivity contribution is -0.137. The molecule has 0 saturated carbocycles. The number of rotatable bonds is 12. The minimum absolute atomic E-state index is 0.0360. The largest absolute Gasteiger partial charge is 0.416 e. The van der Waals surface area contributed by atoms with Crippen LogP contribution in [-0.4, -0.2) is 18.3 Å². The number of nitrogens with zero attached hydrogens (tertiary/aromatic N) is 18. The van der Waals surface area contributed by atoms with Crippen molar-refractivity contribution in [2.24, 2.45) is 0 Å². The molecule has 21 heteroatoms. The first-order valence-corrected chi connectivity index (χ1v) is 44.9. The van der Waals surface area contributed by atoms with Gasteiger partial charge in [0.1, 0.15) is 0 Å². The Hall–Kier alpha value is -22.2. The summed E-state index contributed by atoms with van der Waals surface area (Å²) in [6, 6.07) is 117. The highest BCUT2D eigenvalue weighted by Gasteiger charge is 2.34. The van der Waals surface area contributed by atoms with E-state index in [9.17, 15) is 36.8 Å². The Kier molecular flexibility index (Phi) is 22.3. The lowest BCUT2D eigenvalue weighted by atomic mass is 9.94. The van der Waals surface area contributed by atoms with E-state index in [1.807, 2.05) is 143 Å². The monoisotopic (exact) mass is 1860 g/mol. The van der Waals surface area contributed by atoms with Gasteiger partial charge in [0, 0.05) is 98.8 Å². The Labute approximate surface area is 827 Å². The van der Waals surface area contributed by atoms with Gasteiger partial charge in [-0.2, -0.15) is 50.0 Å². The highest BCUT2D eigenvalue weighted by molar-refractivity contribution is 6.17. The summed E-state index contributed by atoms with van der Waals surface area (Å²) < 4.78 is 54.4. The van der Waals surface area contributed by atoms with Crippen LogP contribution in [0, 0.1) is 132 Å². The molecule has 0 aliphatic rings. The quantitative estimate of drug-likeness (QED) is 0.108. The van der Waals surface area contributed by atoms with Crippen molar-refractivity contribution >= 4 is 127 Å². The first-order chi connectivity index (χ1) is 70.7. The summed E-state index contributed by atoms with van der Waals surface area (Å²) in [7, 11) is 0. The molecule has 18 nitrogen and oxygen atoms in total. The van der Waals surface area contributed by atoms with Crippen LogP contribution in [0.15, 0.2) is 340 Å². The highest BCUT2D eigenvalue weighted by atomic mass is 19.4. The number of nitriles is 7. The molecule has 4 aromatic heterocycles. The van der Waals surface area contributed by atoms with Crippen LogP contribution in [-0.2, 0) is 6.18 Å². The van der Waals surface area contributed by atoms with E-state index >= 15 is 13.2 Å². The van der Waals surface area contributed by atoms with Gasteiger partial charge in [-0.1, -0.05) is 145 Å². The Morgan fingerprint density at radius 3 is 0.993 bits per heavy atom. The van der Waals surface area contributed by atoms with Gasteiger partial charge in [-0.3, -0.25) is 0 Å². The van der Waals surface area contributed by atoms with Crippen molar-refractivity contribution in [2.45, 2.75) is 13.1 Å². The maximum atomic E-state index is 15.4. The van der Waals surface area contributed by atoms with Crippen LogP contribution >= 0.6 is 0 Å². The van der Waals surface area contributed by atoms with Crippen molar-refractivity contribution in [3.05, 3.63) is 470 Å². The number of para-hydroxylation sites is 2. The molecular weight excluding hydrogens is 1800 g/mol. The van der Waals surface area contributed by atoms with Crippen LogP contribution in [0.4, 0.5) is 53.0 Å². The van der Waals surface area contributed by atoms with Crippen LogP contribution in [0.5, 0.6) is 0 Å². The second kappa shape index (κ2) is 36.1. The summed E-state index contributed by atoms with van der Waals surface area (Å²) in [5.41, 5.74) is 22.8. The molecule has 22 aromatic rings. The molecule has 0 unspecified atom stereocenters. The number of aryl methyl sites for hydroxylation is 1. The van der Waals surface area contributed by atoms with Gasteiger partial charge in [-0.05, 0) is 279 Å². The van der Waals surface area contributed by atoms with Crippen molar-refractivity contribution in [3.8, 4) is 154 Å². The molecule has 0 aliphatic carbocycles. The van der Waals surface area contributed by atoms with E-state index < -0.39 is 11.7 Å². The minimum Gasteiger partial charge on any atom is -0.310 e. The van der Waals surface area contributed by atoms with E-state index in [0.717, 1.165) is 106 Å². The van der Waals surface area contributed by atoms with Crippen LogP contribution in [0.1, 0.15) is 50.1 Å². The highest BCUT2D eigenvalue weighted by Crippen LogP contribution is 2.52. The van der Waals surface area contributed by atoms with Gasteiger partial charge in [0.2, 0.25) is 0 Å². The third-order valence-electron chi connectivity index (χ3n) is 26.4. The molecule has 0 radical (unpaired) electrons. The molecule has 666 valence electrons. The second-order valence-electron chi connectivity index (χ2n) is 34.4. The maximum Gasteiger partial charge on any atom is 0.416 e. The smallest absolute Gasteiger partial charge is 0.310 e. The third-order valence-corrected chi connectivity index (χ3v) is 26.4. The Balaban J connectivity index is 0.000000179. The number of aromatic nitrogens is 4. The Morgan fingerprint density at radius 2 is 0.586 bits per heavy atom. The predicted octanol–water partition coefficient (Wildman–Crippen LogP) is 33.4. The Bertz CT molecular complexity index is 9870. The van der Waals surface area contributed by atoms with E-state index in [1.54, 1.807) is 91.0 Å². The van der Waals surface area contributed by atoms with Gasteiger partial charge in [-0.25, -0.2) is 33.9 Å². The van der Waals surface area contributed by atoms with Crippen molar-refractivity contribution < 1.29 is 13.2 Å². The average molecular weight is 1860 g/mol. The molecule has 18 aromatic carbocycles. The molecule has 0 amide bonds. The van der Waals surface area contributed by atoms with Gasteiger partial charge in [0.15, 0.2) is 39.8 Å². The maximum absolute atomic E-state index is 15.4. The zero-order chi connectivity index (χ0) is 100. The molecule has 0 N–H and O–H groups in total. The molecule has 22 rings (SSSR count). The van der Waals surface area contributed by atoms with E-state index in [2.05, 4.69) is 165 Å². The van der Waals surface area contributed by atoms with Crippen molar-refractivity contribution in [2.75, 3.05) is 0 Å². The molecule has 4 heterocycles. The number of hydrogen-bond donors (Lipinski definition) is 0. The normalized spacial score (nSPS) is 10.9. The van der Waals surface area contributed by atoms with E-state index in [1.165, 1.54) is 30.3 Å². The lowest BCUT2D eigenvalue weighted by Crippen LogP contribution is -2.08. The summed E-state index contributed by atoms with van der Waals surface area (Å²) in [6.45, 7) is 57.1. The number of halogens is 3. The molecule has 0 aliphatic heterocycles. The number of benzene rings is 18. The van der Waals surface area contributed by atoms with E-state index in [0.29, 0.717) is 133 Å².